The summed E-state index contributed by atoms with van der Waals surface area (Å²) >= 11 is 5.01. The zero-order valence-electron chi connectivity index (χ0n) is 13.4. The second-order valence-electron chi connectivity index (χ2n) is 5.53. The standard InChI is InChI=1S/C20H15BrN2S/c1-13-7-8-16(9-14(13)2)19-12-24-20(23-19)17(11-22)10-15-5-3-4-6-18(15)21/h3-10,12H,1-2H3. The number of hydrogen-bond donors (Lipinski definition) is 0. The largest absolute Gasteiger partial charge is 0.235 e. The van der Waals surface area contributed by atoms with Crippen LogP contribution in [0.25, 0.3) is 22.9 Å². The van der Waals surface area contributed by atoms with Crippen LogP contribution in [0.5, 0.6) is 0 Å². The lowest BCUT2D eigenvalue weighted by atomic mass is 10.1. The number of hydrogen-bond acceptors (Lipinski definition) is 3. The lowest BCUT2D eigenvalue weighted by molar-refractivity contribution is 1.32. The maximum Gasteiger partial charge on any atom is 0.134 e. The van der Waals surface area contributed by atoms with Crippen molar-refractivity contribution < 1.29 is 0 Å². The third kappa shape index (κ3) is 3.48. The van der Waals surface area contributed by atoms with Crippen LogP contribution in [0.1, 0.15) is 21.7 Å². The zero-order valence-corrected chi connectivity index (χ0v) is 15.8. The summed E-state index contributed by atoms with van der Waals surface area (Å²) in [5, 5.41) is 12.3. The maximum atomic E-state index is 9.53. The van der Waals surface area contributed by atoms with E-state index in [0.29, 0.717) is 5.57 Å². The Bertz CT molecular complexity index is 964. The first-order chi connectivity index (χ1) is 11.6. The summed E-state index contributed by atoms with van der Waals surface area (Å²) < 4.78 is 0.962. The van der Waals surface area contributed by atoms with Gasteiger partial charge in [0.1, 0.15) is 11.1 Å². The number of aryl methyl sites for hydroxylation is 2. The van der Waals surface area contributed by atoms with E-state index in [2.05, 4.69) is 59.0 Å². The van der Waals surface area contributed by atoms with E-state index in [1.54, 1.807) is 0 Å². The molecule has 0 N–H and O–H groups in total. The first-order valence-electron chi connectivity index (χ1n) is 7.48. The van der Waals surface area contributed by atoms with Gasteiger partial charge in [0.05, 0.1) is 11.3 Å². The fraction of sp³-hybridized carbons (Fsp3) is 0.100. The predicted molar refractivity (Wildman–Crippen MR) is 105 cm³/mol. The van der Waals surface area contributed by atoms with Gasteiger partial charge >= 0.3 is 0 Å². The van der Waals surface area contributed by atoms with Crippen LogP contribution in [0.15, 0.2) is 52.3 Å². The predicted octanol–water partition coefficient (Wildman–Crippen LogP) is 6.25. The Labute approximate surface area is 154 Å². The Morgan fingerprint density at radius 3 is 2.67 bits per heavy atom. The quantitative estimate of drug-likeness (QED) is 0.491. The van der Waals surface area contributed by atoms with Crippen molar-refractivity contribution in [1.29, 1.82) is 5.26 Å². The summed E-state index contributed by atoms with van der Waals surface area (Å²) in [7, 11) is 0. The van der Waals surface area contributed by atoms with Gasteiger partial charge in [-0.2, -0.15) is 5.26 Å². The second kappa shape index (κ2) is 7.12. The van der Waals surface area contributed by atoms with E-state index in [0.717, 1.165) is 26.3 Å². The minimum Gasteiger partial charge on any atom is -0.235 e. The van der Waals surface area contributed by atoms with Crippen molar-refractivity contribution in [2.24, 2.45) is 0 Å². The topological polar surface area (TPSA) is 36.7 Å². The Morgan fingerprint density at radius 1 is 1.17 bits per heavy atom. The summed E-state index contributed by atoms with van der Waals surface area (Å²) in [6, 6.07) is 16.4. The summed E-state index contributed by atoms with van der Waals surface area (Å²) in [6.45, 7) is 4.19. The molecule has 24 heavy (non-hydrogen) atoms. The monoisotopic (exact) mass is 394 g/mol. The van der Waals surface area contributed by atoms with Gasteiger partial charge in [0, 0.05) is 15.4 Å². The van der Waals surface area contributed by atoms with Crippen LogP contribution in [-0.4, -0.2) is 4.98 Å². The molecule has 3 aromatic rings. The fourth-order valence-electron chi connectivity index (χ4n) is 2.32. The van der Waals surface area contributed by atoms with Crippen molar-refractivity contribution in [1.82, 2.24) is 4.98 Å². The van der Waals surface area contributed by atoms with Crippen LogP contribution in [0.3, 0.4) is 0 Å². The highest BCUT2D eigenvalue weighted by Crippen LogP contribution is 2.29. The molecule has 0 aliphatic rings. The van der Waals surface area contributed by atoms with Crippen molar-refractivity contribution in [3.05, 3.63) is 74.0 Å². The highest BCUT2D eigenvalue weighted by molar-refractivity contribution is 9.10. The summed E-state index contributed by atoms with van der Waals surface area (Å²) in [6.07, 6.45) is 1.87. The first-order valence-corrected chi connectivity index (χ1v) is 9.15. The van der Waals surface area contributed by atoms with Crippen LogP contribution < -0.4 is 0 Å². The molecule has 0 radical (unpaired) electrons. The number of thiazole rings is 1. The van der Waals surface area contributed by atoms with Gasteiger partial charge in [-0.15, -0.1) is 11.3 Å². The molecule has 3 rings (SSSR count). The van der Waals surface area contributed by atoms with E-state index in [9.17, 15) is 5.26 Å². The molecule has 0 fully saturated rings. The van der Waals surface area contributed by atoms with Gasteiger partial charge in [-0.05, 0) is 48.7 Å². The van der Waals surface area contributed by atoms with Crippen LogP contribution in [0, 0.1) is 25.2 Å². The third-order valence-electron chi connectivity index (χ3n) is 3.86. The lowest BCUT2D eigenvalue weighted by Gasteiger charge is -2.02. The smallest absolute Gasteiger partial charge is 0.134 e. The molecule has 0 saturated heterocycles. The molecule has 0 aliphatic carbocycles. The number of allylic oxidation sites excluding steroid dienone is 1. The number of rotatable bonds is 3. The van der Waals surface area contributed by atoms with Crippen molar-refractivity contribution in [3.8, 4) is 17.3 Å². The van der Waals surface area contributed by atoms with Gasteiger partial charge in [-0.3, -0.25) is 0 Å². The first kappa shape index (κ1) is 16.6. The zero-order chi connectivity index (χ0) is 17.1. The van der Waals surface area contributed by atoms with Gasteiger partial charge in [0.2, 0.25) is 0 Å². The van der Waals surface area contributed by atoms with E-state index in [4.69, 9.17) is 0 Å². The van der Waals surface area contributed by atoms with Gasteiger partial charge in [0.25, 0.3) is 0 Å². The summed E-state index contributed by atoms with van der Waals surface area (Å²) in [4.78, 5) is 4.66. The molecule has 0 amide bonds. The Balaban J connectivity index is 1.98. The molecule has 0 unspecified atom stereocenters. The average molecular weight is 395 g/mol. The van der Waals surface area contributed by atoms with E-state index >= 15 is 0 Å². The second-order valence-corrected chi connectivity index (χ2v) is 7.24. The minimum absolute atomic E-state index is 0.571. The van der Waals surface area contributed by atoms with Crippen molar-refractivity contribution >= 4 is 38.9 Å². The molecular weight excluding hydrogens is 380 g/mol. The average Bonchev–Trinajstić information content (AvgIpc) is 3.06. The molecule has 2 nitrogen and oxygen atoms in total. The molecule has 118 valence electrons. The fourth-order valence-corrected chi connectivity index (χ4v) is 3.51. The van der Waals surface area contributed by atoms with E-state index in [1.807, 2.05) is 35.7 Å². The highest BCUT2D eigenvalue weighted by atomic mass is 79.9. The van der Waals surface area contributed by atoms with Gasteiger partial charge in [0.15, 0.2) is 0 Å². The molecular formula is C20H15BrN2S. The van der Waals surface area contributed by atoms with Crippen LogP contribution in [-0.2, 0) is 0 Å². The SMILES string of the molecule is Cc1ccc(-c2csc(C(C#N)=Cc3ccccc3Br)n2)cc1C. The third-order valence-corrected chi connectivity index (χ3v) is 5.46. The normalized spacial score (nSPS) is 11.3. The van der Waals surface area contributed by atoms with E-state index < -0.39 is 0 Å². The van der Waals surface area contributed by atoms with E-state index in [-0.39, 0.29) is 0 Å². The molecule has 1 heterocycles. The molecule has 0 atom stereocenters. The van der Waals surface area contributed by atoms with Crippen LogP contribution in [0.4, 0.5) is 0 Å². The van der Waals surface area contributed by atoms with Crippen molar-refractivity contribution in [3.63, 3.8) is 0 Å². The molecule has 1 aromatic heterocycles. The van der Waals surface area contributed by atoms with Gasteiger partial charge in [-0.1, -0.05) is 46.3 Å². The lowest BCUT2D eigenvalue weighted by Crippen LogP contribution is -1.85. The molecule has 0 spiro atoms. The number of halogens is 1. The molecule has 4 heteroatoms. The summed E-state index contributed by atoms with van der Waals surface area (Å²) in [5.74, 6) is 0. The van der Waals surface area contributed by atoms with E-state index in [1.165, 1.54) is 22.5 Å². The number of aromatic nitrogens is 1. The van der Waals surface area contributed by atoms with Gasteiger partial charge in [-0.25, -0.2) is 4.98 Å². The maximum absolute atomic E-state index is 9.53. The number of nitriles is 1. The Kier molecular flexibility index (Phi) is 4.94. The Morgan fingerprint density at radius 2 is 1.96 bits per heavy atom. The summed E-state index contributed by atoms with van der Waals surface area (Å²) in [5.41, 5.74) is 6.04. The molecule has 0 saturated carbocycles. The number of nitrogens with zero attached hydrogens (tertiary/aromatic N) is 2. The van der Waals surface area contributed by atoms with Crippen LogP contribution >= 0.6 is 27.3 Å². The number of benzene rings is 2. The van der Waals surface area contributed by atoms with Crippen molar-refractivity contribution in [2.45, 2.75) is 13.8 Å². The van der Waals surface area contributed by atoms with Crippen LogP contribution in [0.2, 0.25) is 0 Å². The highest BCUT2D eigenvalue weighted by Gasteiger charge is 2.10. The molecule has 2 aromatic carbocycles. The minimum atomic E-state index is 0.571. The Hall–Kier alpha value is -2.22. The molecule has 0 bridgehead atoms. The molecule has 0 aliphatic heterocycles. The van der Waals surface area contributed by atoms with Crippen molar-refractivity contribution in [2.75, 3.05) is 0 Å². The van der Waals surface area contributed by atoms with Gasteiger partial charge < -0.3 is 0 Å².